The summed E-state index contributed by atoms with van der Waals surface area (Å²) in [6.07, 6.45) is 7.00. The molecule has 15 heavy (non-hydrogen) atoms. The van der Waals surface area contributed by atoms with Gasteiger partial charge in [0.25, 0.3) is 0 Å². The van der Waals surface area contributed by atoms with E-state index in [0.29, 0.717) is 11.8 Å². The average Bonchev–Trinajstić information content (AvgIpc) is 2.17. The monoisotopic (exact) mass is 269 g/mol. The van der Waals surface area contributed by atoms with Gasteiger partial charge in [-0.25, -0.2) is 4.98 Å². The first-order valence-corrected chi connectivity index (χ1v) is 5.79. The van der Waals surface area contributed by atoms with Gasteiger partial charge < -0.3 is 4.74 Å². The van der Waals surface area contributed by atoms with Gasteiger partial charge in [0, 0.05) is 16.2 Å². The summed E-state index contributed by atoms with van der Waals surface area (Å²) in [5.41, 5.74) is 1.01. The number of hydrogen-bond donors (Lipinski definition) is 0. The third-order valence-corrected chi connectivity index (χ3v) is 2.38. The minimum Gasteiger partial charge on any atom is -0.481 e. The second-order valence-electron chi connectivity index (χ2n) is 3.78. The molecule has 0 aliphatic rings. The maximum Gasteiger partial charge on any atom is 0.220 e. The number of halogens is 1. The van der Waals surface area contributed by atoms with Crippen LogP contribution in [0, 0.1) is 5.92 Å². The highest BCUT2D eigenvalue weighted by molar-refractivity contribution is 9.10. The number of aromatic nitrogens is 1. The fourth-order valence-corrected chi connectivity index (χ4v) is 1.55. The Morgan fingerprint density at radius 2 is 2.27 bits per heavy atom. The largest absolute Gasteiger partial charge is 0.481 e. The fourth-order valence-electron chi connectivity index (χ4n) is 1.20. The van der Waals surface area contributed by atoms with E-state index in [0.717, 1.165) is 16.5 Å². The highest BCUT2D eigenvalue weighted by Crippen LogP contribution is 2.21. The molecule has 0 spiro atoms. The first-order valence-electron chi connectivity index (χ1n) is 4.99. The predicted octanol–water partition coefficient (Wildman–Crippen LogP) is 3.91. The molecule has 0 aliphatic carbocycles. The van der Waals surface area contributed by atoms with E-state index in [-0.39, 0.29) is 0 Å². The van der Waals surface area contributed by atoms with Gasteiger partial charge in [-0.3, -0.25) is 0 Å². The first-order chi connectivity index (χ1) is 7.13. The first kappa shape index (κ1) is 12.2. The van der Waals surface area contributed by atoms with Crippen LogP contribution in [0.1, 0.15) is 25.8 Å². The molecule has 0 radical (unpaired) electrons. The minimum absolute atomic E-state index is 0.665. The summed E-state index contributed by atoms with van der Waals surface area (Å²) >= 11 is 3.39. The molecule has 0 saturated carbocycles. The van der Waals surface area contributed by atoms with Gasteiger partial charge in [0.2, 0.25) is 5.88 Å². The molecule has 82 valence electrons. The van der Waals surface area contributed by atoms with Crippen LogP contribution in [0.5, 0.6) is 5.88 Å². The van der Waals surface area contributed by atoms with E-state index in [9.17, 15) is 0 Å². The zero-order chi connectivity index (χ0) is 11.3. The Labute approximate surface area is 99.5 Å². The smallest absolute Gasteiger partial charge is 0.220 e. The molecule has 1 aromatic rings. The third-order valence-electron chi connectivity index (χ3n) is 1.94. The van der Waals surface area contributed by atoms with Crippen LogP contribution in [0.15, 0.2) is 22.8 Å². The van der Waals surface area contributed by atoms with Crippen molar-refractivity contribution >= 4 is 22.0 Å². The highest BCUT2D eigenvalue weighted by Gasteiger charge is 2.01. The highest BCUT2D eigenvalue weighted by atomic mass is 79.9. The average molecular weight is 270 g/mol. The van der Waals surface area contributed by atoms with Crippen LogP contribution < -0.4 is 4.74 Å². The Balaban J connectivity index is 2.82. The van der Waals surface area contributed by atoms with Crippen molar-refractivity contribution in [3.05, 3.63) is 28.4 Å². The quantitative estimate of drug-likeness (QED) is 0.827. The molecular formula is C12H16BrNO. The van der Waals surface area contributed by atoms with E-state index < -0.39 is 0 Å². The van der Waals surface area contributed by atoms with E-state index in [4.69, 9.17) is 4.74 Å². The van der Waals surface area contributed by atoms with Crippen molar-refractivity contribution in [2.75, 3.05) is 7.11 Å². The van der Waals surface area contributed by atoms with Gasteiger partial charge in [0.05, 0.1) is 7.11 Å². The zero-order valence-corrected chi connectivity index (χ0v) is 10.9. The summed E-state index contributed by atoms with van der Waals surface area (Å²) in [6, 6.07) is 2.00. The van der Waals surface area contributed by atoms with Crippen LogP contribution in [0.2, 0.25) is 0 Å². The normalized spacial score (nSPS) is 11.3. The van der Waals surface area contributed by atoms with Gasteiger partial charge in [-0.1, -0.05) is 26.0 Å². The molecule has 1 heterocycles. The summed E-state index contributed by atoms with van der Waals surface area (Å²) in [7, 11) is 1.63. The maximum absolute atomic E-state index is 5.17. The second kappa shape index (κ2) is 5.91. The lowest BCUT2D eigenvalue weighted by molar-refractivity contribution is 0.396. The number of nitrogens with zero attached hydrogens (tertiary/aromatic N) is 1. The van der Waals surface area contributed by atoms with E-state index in [1.807, 2.05) is 6.07 Å². The van der Waals surface area contributed by atoms with Gasteiger partial charge >= 0.3 is 0 Å². The number of allylic oxidation sites excluding steroid dienone is 1. The Hall–Kier alpha value is -0.830. The summed E-state index contributed by atoms with van der Waals surface area (Å²) < 4.78 is 6.14. The molecule has 0 N–H and O–H groups in total. The van der Waals surface area contributed by atoms with Crippen molar-refractivity contribution < 1.29 is 4.74 Å². The SMILES string of the molecule is COc1ncc(Br)cc1/C=C/CC(C)C. The zero-order valence-electron chi connectivity index (χ0n) is 9.33. The Kier molecular flexibility index (Phi) is 4.82. The molecule has 0 fully saturated rings. The molecule has 3 heteroatoms. The van der Waals surface area contributed by atoms with E-state index >= 15 is 0 Å². The summed E-state index contributed by atoms with van der Waals surface area (Å²) in [5, 5.41) is 0. The fraction of sp³-hybridized carbons (Fsp3) is 0.417. The van der Waals surface area contributed by atoms with Crippen molar-refractivity contribution in [2.24, 2.45) is 5.92 Å². The molecule has 0 bridgehead atoms. The van der Waals surface area contributed by atoms with Crippen molar-refractivity contribution in [3.8, 4) is 5.88 Å². The van der Waals surface area contributed by atoms with Crippen LogP contribution in [-0.4, -0.2) is 12.1 Å². The van der Waals surface area contributed by atoms with E-state index in [2.05, 4.69) is 46.9 Å². The standard InChI is InChI=1S/C12H16BrNO/c1-9(2)5-4-6-10-7-11(13)8-14-12(10)15-3/h4,6-9H,5H2,1-3H3/b6-4+. The predicted molar refractivity (Wildman–Crippen MR) is 67.0 cm³/mol. The third kappa shape index (κ3) is 4.04. The van der Waals surface area contributed by atoms with Gasteiger partial charge in [-0.15, -0.1) is 0 Å². The van der Waals surface area contributed by atoms with Crippen molar-refractivity contribution in [1.29, 1.82) is 0 Å². The van der Waals surface area contributed by atoms with Gasteiger partial charge in [0.15, 0.2) is 0 Å². The lowest BCUT2D eigenvalue weighted by Gasteiger charge is -2.04. The van der Waals surface area contributed by atoms with Crippen molar-refractivity contribution in [1.82, 2.24) is 4.98 Å². The Morgan fingerprint density at radius 3 is 2.87 bits per heavy atom. The lowest BCUT2D eigenvalue weighted by Crippen LogP contribution is -1.90. The van der Waals surface area contributed by atoms with Crippen LogP contribution in [0.3, 0.4) is 0 Å². The Bertz CT molecular complexity index is 347. The molecule has 0 saturated heterocycles. The van der Waals surface area contributed by atoms with Crippen LogP contribution in [0.25, 0.3) is 6.08 Å². The summed E-state index contributed by atoms with van der Waals surface area (Å²) in [6.45, 7) is 4.39. The topological polar surface area (TPSA) is 22.1 Å². The number of methoxy groups -OCH3 is 1. The van der Waals surface area contributed by atoms with E-state index in [1.54, 1.807) is 13.3 Å². The van der Waals surface area contributed by atoms with Crippen LogP contribution >= 0.6 is 15.9 Å². The molecule has 0 aliphatic heterocycles. The molecular weight excluding hydrogens is 254 g/mol. The second-order valence-corrected chi connectivity index (χ2v) is 4.70. The van der Waals surface area contributed by atoms with Crippen molar-refractivity contribution in [2.45, 2.75) is 20.3 Å². The van der Waals surface area contributed by atoms with Gasteiger partial charge in [-0.2, -0.15) is 0 Å². The van der Waals surface area contributed by atoms with E-state index in [1.165, 1.54) is 0 Å². The number of hydrogen-bond acceptors (Lipinski definition) is 2. The molecule has 1 aromatic heterocycles. The van der Waals surface area contributed by atoms with Gasteiger partial charge in [0.1, 0.15) is 0 Å². The molecule has 2 nitrogen and oxygen atoms in total. The molecule has 0 atom stereocenters. The minimum atomic E-state index is 0.665. The number of rotatable bonds is 4. The molecule has 0 unspecified atom stereocenters. The summed E-state index contributed by atoms with van der Waals surface area (Å²) in [4.78, 5) is 4.17. The van der Waals surface area contributed by atoms with Crippen LogP contribution in [0.4, 0.5) is 0 Å². The number of ether oxygens (including phenoxy) is 1. The van der Waals surface area contributed by atoms with Gasteiger partial charge in [-0.05, 0) is 34.3 Å². The molecule has 0 aromatic carbocycles. The number of pyridine rings is 1. The Morgan fingerprint density at radius 1 is 1.53 bits per heavy atom. The van der Waals surface area contributed by atoms with Crippen LogP contribution in [-0.2, 0) is 0 Å². The summed E-state index contributed by atoms with van der Waals surface area (Å²) in [5.74, 6) is 1.34. The maximum atomic E-state index is 5.17. The molecule has 1 rings (SSSR count). The lowest BCUT2D eigenvalue weighted by atomic mass is 10.1. The molecule has 0 amide bonds. The van der Waals surface area contributed by atoms with Crippen molar-refractivity contribution in [3.63, 3.8) is 0 Å².